The molecule has 1 heterocycles. The summed E-state index contributed by atoms with van der Waals surface area (Å²) in [6.45, 7) is 3.04. The van der Waals surface area contributed by atoms with Gasteiger partial charge in [-0.15, -0.1) is 11.3 Å². The predicted octanol–water partition coefficient (Wildman–Crippen LogP) is 4.31. The highest BCUT2D eigenvalue weighted by molar-refractivity contribution is 7.14. The molecule has 1 aromatic heterocycles. The average molecular weight is 326 g/mol. The first-order chi connectivity index (χ1) is 10.1. The van der Waals surface area contributed by atoms with Crippen LogP contribution in [0.1, 0.15) is 24.1 Å². The zero-order valence-corrected chi connectivity index (χ0v) is 14.1. The smallest absolute Gasteiger partial charge is 0.160 e. The second-order valence-corrected chi connectivity index (χ2v) is 6.34. The van der Waals surface area contributed by atoms with Gasteiger partial charge in [-0.2, -0.15) is 0 Å². The monoisotopic (exact) mass is 325 g/mol. The summed E-state index contributed by atoms with van der Waals surface area (Å²) in [6.07, 6.45) is 0.933. The summed E-state index contributed by atoms with van der Waals surface area (Å²) in [5.41, 5.74) is 2.45. The predicted molar refractivity (Wildman–Crippen MR) is 89.0 cm³/mol. The zero-order valence-electron chi connectivity index (χ0n) is 12.5. The first-order valence-corrected chi connectivity index (χ1v) is 8.08. The Hall–Kier alpha value is -1.23. The molecule has 0 spiro atoms. The van der Waals surface area contributed by atoms with Crippen LogP contribution in [0.5, 0.6) is 11.5 Å². The summed E-state index contributed by atoms with van der Waals surface area (Å²) < 4.78 is 11.4. The molecule has 1 unspecified atom stereocenters. The van der Waals surface area contributed by atoms with E-state index in [0.717, 1.165) is 28.8 Å². The maximum atomic E-state index is 5.96. The lowest BCUT2D eigenvalue weighted by molar-refractivity contribution is 0.354. The van der Waals surface area contributed by atoms with E-state index in [9.17, 15) is 0 Å². The molecule has 0 fully saturated rings. The second-order valence-electron chi connectivity index (χ2n) is 4.80. The van der Waals surface area contributed by atoms with Crippen molar-refractivity contribution in [3.05, 3.63) is 45.1 Å². The SMILES string of the molecule is COc1ccc(CCNC(C)c2csc(Cl)c2)cc1OC. The van der Waals surface area contributed by atoms with Crippen LogP contribution < -0.4 is 14.8 Å². The average Bonchev–Trinajstić information content (AvgIpc) is 2.93. The number of nitrogens with one attached hydrogen (secondary N) is 1. The maximum absolute atomic E-state index is 5.96. The van der Waals surface area contributed by atoms with Crippen LogP contribution in [0.3, 0.4) is 0 Å². The van der Waals surface area contributed by atoms with E-state index in [1.54, 1.807) is 25.6 Å². The number of benzene rings is 1. The van der Waals surface area contributed by atoms with Gasteiger partial charge in [-0.25, -0.2) is 0 Å². The largest absolute Gasteiger partial charge is 0.493 e. The third kappa shape index (κ3) is 4.37. The molecule has 1 aromatic carbocycles. The van der Waals surface area contributed by atoms with Crippen LogP contribution in [0.25, 0.3) is 0 Å². The minimum absolute atomic E-state index is 0.300. The molecule has 0 saturated heterocycles. The van der Waals surface area contributed by atoms with Gasteiger partial charge in [0.05, 0.1) is 18.6 Å². The Labute approximate surface area is 134 Å². The van der Waals surface area contributed by atoms with Gasteiger partial charge in [0.1, 0.15) is 0 Å². The molecule has 2 rings (SSSR count). The van der Waals surface area contributed by atoms with Gasteiger partial charge in [0.15, 0.2) is 11.5 Å². The third-order valence-corrected chi connectivity index (χ3v) is 4.51. The zero-order chi connectivity index (χ0) is 15.2. The molecule has 5 heteroatoms. The van der Waals surface area contributed by atoms with Gasteiger partial charge < -0.3 is 14.8 Å². The Bertz CT molecular complexity index is 585. The molecule has 1 atom stereocenters. The lowest BCUT2D eigenvalue weighted by Gasteiger charge is -2.13. The summed E-state index contributed by atoms with van der Waals surface area (Å²) in [6, 6.07) is 8.34. The van der Waals surface area contributed by atoms with Crippen molar-refractivity contribution in [3.63, 3.8) is 0 Å². The number of hydrogen-bond acceptors (Lipinski definition) is 4. The van der Waals surface area contributed by atoms with Gasteiger partial charge >= 0.3 is 0 Å². The fourth-order valence-electron chi connectivity index (χ4n) is 2.14. The number of methoxy groups -OCH3 is 2. The maximum Gasteiger partial charge on any atom is 0.160 e. The summed E-state index contributed by atoms with van der Waals surface area (Å²) in [5, 5.41) is 5.60. The van der Waals surface area contributed by atoms with Crippen molar-refractivity contribution in [2.75, 3.05) is 20.8 Å². The highest BCUT2D eigenvalue weighted by atomic mass is 35.5. The second kappa shape index (κ2) is 7.69. The lowest BCUT2D eigenvalue weighted by atomic mass is 10.1. The summed E-state index contributed by atoms with van der Waals surface area (Å²) in [5.74, 6) is 1.53. The van der Waals surface area contributed by atoms with Crippen LogP contribution in [0.2, 0.25) is 4.34 Å². The van der Waals surface area contributed by atoms with Gasteiger partial charge in [0, 0.05) is 6.04 Å². The first-order valence-electron chi connectivity index (χ1n) is 6.82. The molecule has 21 heavy (non-hydrogen) atoms. The molecule has 1 N–H and O–H groups in total. The van der Waals surface area contributed by atoms with Crippen LogP contribution in [0.4, 0.5) is 0 Å². The third-order valence-electron chi connectivity index (χ3n) is 3.40. The van der Waals surface area contributed by atoms with Gasteiger partial charge in [-0.3, -0.25) is 0 Å². The van der Waals surface area contributed by atoms with Crippen molar-refractivity contribution in [3.8, 4) is 11.5 Å². The number of halogens is 1. The Morgan fingerprint density at radius 1 is 1.19 bits per heavy atom. The van der Waals surface area contributed by atoms with Crippen LogP contribution >= 0.6 is 22.9 Å². The minimum atomic E-state index is 0.300. The summed E-state index contributed by atoms with van der Waals surface area (Å²) in [7, 11) is 3.30. The molecule has 0 radical (unpaired) electrons. The Morgan fingerprint density at radius 3 is 2.57 bits per heavy atom. The standard InChI is InChI=1S/C16H20ClNO2S/c1-11(13-9-16(17)21-10-13)18-7-6-12-4-5-14(19-2)15(8-12)20-3/h4-5,8-11,18H,6-7H2,1-3H3. The van der Waals surface area contributed by atoms with E-state index in [4.69, 9.17) is 21.1 Å². The van der Waals surface area contributed by atoms with Crippen LogP contribution in [-0.2, 0) is 6.42 Å². The molecule has 3 nitrogen and oxygen atoms in total. The number of rotatable bonds is 7. The minimum Gasteiger partial charge on any atom is -0.493 e. The molecule has 0 aliphatic rings. The van der Waals surface area contributed by atoms with E-state index in [0.29, 0.717) is 6.04 Å². The first kappa shape index (κ1) is 16.1. The van der Waals surface area contributed by atoms with Crippen LogP contribution in [0, 0.1) is 0 Å². The van der Waals surface area contributed by atoms with Gasteiger partial charge in [-0.1, -0.05) is 17.7 Å². The molecule has 114 valence electrons. The molecule has 0 saturated carbocycles. The van der Waals surface area contributed by atoms with Crippen molar-refractivity contribution in [1.29, 1.82) is 0 Å². The summed E-state index contributed by atoms with van der Waals surface area (Å²) in [4.78, 5) is 0. The highest BCUT2D eigenvalue weighted by Gasteiger charge is 2.08. The van der Waals surface area contributed by atoms with Crippen molar-refractivity contribution in [2.45, 2.75) is 19.4 Å². The van der Waals surface area contributed by atoms with E-state index >= 15 is 0 Å². The molecule has 0 aliphatic heterocycles. The highest BCUT2D eigenvalue weighted by Crippen LogP contribution is 2.28. The van der Waals surface area contributed by atoms with E-state index in [1.807, 2.05) is 18.2 Å². The quantitative estimate of drug-likeness (QED) is 0.822. The van der Waals surface area contributed by atoms with E-state index in [-0.39, 0.29) is 0 Å². The van der Waals surface area contributed by atoms with E-state index in [1.165, 1.54) is 11.1 Å². The molecule has 0 amide bonds. The van der Waals surface area contributed by atoms with Gasteiger partial charge in [0.2, 0.25) is 0 Å². The van der Waals surface area contributed by atoms with Crippen molar-refractivity contribution in [2.24, 2.45) is 0 Å². The van der Waals surface area contributed by atoms with Crippen molar-refractivity contribution in [1.82, 2.24) is 5.32 Å². The fraction of sp³-hybridized carbons (Fsp3) is 0.375. The molecular formula is C16H20ClNO2S. The molecule has 2 aromatic rings. The van der Waals surface area contributed by atoms with E-state index in [2.05, 4.69) is 23.7 Å². The Morgan fingerprint density at radius 2 is 1.95 bits per heavy atom. The van der Waals surface area contributed by atoms with Crippen LogP contribution in [0.15, 0.2) is 29.6 Å². The Balaban J connectivity index is 1.88. The van der Waals surface area contributed by atoms with Gasteiger partial charge in [-0.05, 0) is 54.6 Å². The number of hydrogen-bond donors (Lipinski definition) is 1. The molecule has 0 aliphatic carbocycles. The van der Waals surface area contributed by atoms with E-state index < -0.39 is 0 Å². The topological polar surface area (TPSA) is 30.5 Å². The lowest BCUT2D eigenvalue weighted by Crippen LogP contribution is -2.20. The molecular weight excluding hydrogens is 306 g/mol. The number of thiophene rings is 1. The number of ether oxygens (including phenoxy) is 2. The van der Waals surface area contributed by atoms with Crippen molar-refractivity contribution < 1.29 is 9.47 Å². The van der Waals surface area contributed by atoms with Gasteiger partial charge in [0.25, 0.3) is 0 Å². The molecule has 0 bridgehead atoms. The van der Waals surface area contributed by atoms with Crippen LogP contribution in [-0.4, -0.2) is 20.8 Å². The summed E-state index contributed by atoms with van der Waals surface area (Å²) >= 11 is 7.53. The van der Waals surface area contributed by atoms with Crippen molar-refractivity contribution >= 4 is 22.9 Å². The fourth-order valence-corrected chi connectivity index (χ4v) is 3.12. The normalized spacial score (nSPS) is 12.2. The Kier molecular flexibility index (Phi) is 5.91.